The third-order valence-corrected chi connectivity index (χ3v) is 3.23. The zero-order valence-electron chi connectivity index (χ0n) is 11.0. The fourth-order valence-electron chi connectivity index (χ4n) is 2.00. The number of hydrogen-bond donors (Lipinski definition) is 0. The first kappa shape index (κ1) is 13.3. The van der Waals surface area contributed by atoms with E-state index in [-0.39, 0.29) is 5.41 Å². The van der Waals surface area contributed by atoms with Gasteiger partial charge in [0.25, 0.3) is 6.43 Å². The van der Waals surface area contributed by atoms with Crippen molar-refractivity contribution in [3.8, 4) is 0 Å². The second kappa shape index (κ2) is 4.88. The summed E-state index contributed by atoms with van der Waals surface area (Å²) in [6.45, 7) is 7.38. The van der Waals surface area contributed by atoms with Gasteiger partial charge in [-0.2, -0.15) is 0 Å². The summed E-state index contributed by atoms with van der Waals surface area (Å²) in [4.78, 5) is 10.4. The van der Waals surface area contributed by atoms with Crippen molar-refractivity contribution >= 4 is 0 Å². The SMILES string of the molecule is CC(C)(C)c1ncc(CN2CC[C@@H]2C(F)F)cn1. The largest absolute Gasteiger partial charge is 0.290 e. The summed E-state index contributed by atoms with van der Waals surface area (Å²) in [5, 5.41) is 0. The highest BCUT2D eigenvalue weighted by Crippen LogP contribution is 2.25. The van der Waals surface area contributed by atoms with Crippen molar-refractivity contribution in [3.63, 3.8) is 0 Å². The summed E-state index contributed by atoms with van der Waals surface area (Å²) in [6.07, 6.45) is 1.81. The molecule has 0 N–H and O–H groups in total. The summed E-state index contributed by atoms with van der Waals surface area (Å²) in [5.74, 6) is 0.778. The first-order valence-corrected chi connectivity index (χ1v) is 6.21. The van der Waals surface area contributed by atoms with Crippen molar-refractivity contribution in [2.24, 2.45) is 0 Å². The van der Waals surface area contributed by atoms with E-state index in [1.54, 1.807) is 17.3 Å². The van der Waals surface area contributed by atoms with Crippen LogP contribution in [-0.4, -0.2) is 33.9 Å². The van der Waals surface area contributed by atoms with E-state index >= 15 is 0 Å². The minimum absolute atomic E-state index is 0.0825. The molecule has 1 aromatic rings. The Kier molecular flexibility index (Phi) is 3.61. The second-order valence-electron chi connectivity index (χ2n) is 5.83. The minimum atomic E-state index is -2.26. The molecule has 0 amide bonds. The van der Waals surface area contributed by atoms with Crippen molar-refractivity contribution in [2.45, 2.75) is 51.6 Å². The molecular weight excluding hydrogens is 236 g/mol. The first-order chi connectivity index (χ1) is 8.38. The maximum absolute atomic E-state index is 12.6. The molecule has 0 aliphatic carbocycles. The molecule has 1 atom stereocenters. The lowest BCUT2D eigenvalue weighted by atomic mass is 9.95. The molecule has 0 saturated carbocycles. The van der Waals surface area contributed by atoms with E-state index in [4.69, 9.17) is 0 Å². The molecule has 18 heavy (non-hydrogen) atoms. The van der Waals surface area contributed by atoms with Crippen LogP contribution in [0, 0.1) is 0 Å². The molecule has 1 fully saturated rings. The Morgan fingerprint density at radius 1 is 1.33 bits per heavy atom. The van der Waals surface area contributed by atoms with E-state index in [1.165, 1.54) is 0 Å². The van der Waals surface area contributed by atoms with Crippen LogP contribution in [0.5, 0.6) is 0 Å². The fraction of sp³-hybridized carbons (Fsp3) is 0.692. The van der Waals surface area contributed by atoms with Crippen LogP contribution in [0.25, 0.3) is 0 Å². The van der Waals surface area contributed by atoms with Gasteiger partial charge < -0.3 is 0 Å². The number of hydrogen-bond acceptors (Lipinski definition) is 3. The molecule has 2 heterocycles. The third kappa shape index (κ3) is 2.83. The van der Waals surface area contributed by atoms with Crippen LogP contribution in [0.3, 0.4) is 0 Å². The molecule has 100 valence electrons. The second-order valence-corrected chi connectivity index (χ2v) is 5.83. The lowest BCUT2D eigenvalue weighted by Gasteiger charge is -2.40. The fourth-order valence-corrected chi connectivity index (χ4v) is 2.00. The lowest BCUT2D eigenvalue weighted by molar-refractivity contribution is -0.0389. The summed E-state index contributed by atoms with van der Waals surface area (Å²) >= 11 is 0. The quantitative estimate of drug-likeness (QED) is 0.831. The Hall–Kier alpha value is -1.10. The van der Waals surface area contributed by atoms with Crippen LogP contribution in [0.2, 0.25) is 0 Å². The summed E-state index contributed by atoms with van der Waals surface area (Å²) in [5.41, 5.74) is 0.814. The van der Waals surface area contributed by atoms with Gasteiger partial charge in [-0.3, -0.25) is 4.90 Å². The molecule has 5 heteroatoms. The molecule has 0 aromatic carbocycles. The molecule has 0 spiro atoms. The first-order valence-electron chi connectivity index (χ1n) is 6.21. The Morgan fingerprint density at radius 2 is 1.94 bits per heavy atom. The highest BCUT2D eigenvalue weighted by Gasteiger charge is 2.35. The van der Waals surface area contributed by atoms with Gasteiger partial charge in [0.1, 0.15) is 5.82 Å². The third-order valence-electron chi connectivity index (χ3n) is 3.23. The van der Waals surface area contributed by atoms with Crippen LogP contribution in [0.1, 0.15) is 38.6 Å². The molecule has 1 saturated heterocycles. The smallest absolute Gasteiger partial charge is 0.253 e. The topological polar surface area (TPSA) is 29.0 Å². The van der Waals surface area contributed by atoms with E-state index in [0.717, 1.165) is 17.9 Å². The molecule has 0 bridgehead atoms. The number of alkyl halides is 2. The van der Waals surface area contributed by atoms with Crippen LogP contribution in [0.15, 0.2) is 12.4 Å². The maximum Gasteiger partial charge on any atom is 0.253 e. The van der Waals surface area contributed by atoms with Gasteiger partial charge in [-0.15, -0.1) is 0 Å². The maximum atomic E-state index is 12.6. The minimum Gasteiger partial charge on any atom is -0.290 e. The number of rotatable bonds is 3. The molecule has 2 rings (SSSR count). The molecule has 0 radical (unpaired) electrons. The van der Waals surface area contributed by atoms with Gasteiger partial charge in [0.05, 0.1) is 6.04 Å². The van der Waals surface area contributed by atoms with E-state index in [2.05, 4.69) is 9.97 Å². The zero-order chi connectivity index (χ0) is 13.3. The van der Waals surface area contributed by atoms with Crippen molar-refractivity contribution in [3.05, 3.63) is 23.8 Å². The van der Waals surface area contributed by atoms with Gasteiger partial charge >= 0.3 is 0 Å². The van der Waals surface area contributed by atoms with Crippen molar-refractivity contribution in [1.29, 1.82) is 0 Å². The van der Waals surface area contributed by atoms with E-state index < -0.39 is 12.5 Å². The Balaban J connectivity index is 1.99. The molecule has 1 aliphatic heterocycles. The van der Waals surface area contributed by atoms with Crippen molar-refractivity contribution in [1.82, 2.24) is 14.9 Å². The molecule has 3 nitrogen and oxygen atoms in total. The standard InChI is InChI=1S/C13H19F2N3/c1-13(2,3)12-16-6-9(7-17-12)8-18-5-4-10(18)11(14)15/h6-7,10-11H,4-5,8H2,1-3H3/t10-/m1/s1. The highest BCUT2D eigenvalue weighted by atomic mass is 19.3. The molecule has 1 aromatic heterocycles. The van der Waals surface area contributed by atoms with Gasteiger partial charge in [-0.05, 0) is 6.42 Å². The Bertz CT molecular complexity index is 398. The predicted octanol–water partition coefficient (Wildman–Crippen LogP) is 2.61. The summed E-state index contributed by atoms with van der Waals surface area (Å²) in [6, 6.07) is -0.590. The monoisotopic (exact) mass is 255 g/mol. The number of nitrogens with zero attached hydrogens (tertiary/aromatic N) is 3. The van der Waals surface area contributed by atoms with E-state index in [1.807, 2.05) is 20.8 Å². The normalized spacial score (nSPS) is 21.1. The Labute approximate surface area is 106 Å². The van der Waals surface area contributed by atoms with Gasteiger partial charge in [0.2, 0.25) is 0 Å². The van der Waals surface area contributed by atoms with Gasteiger partial charge in [-0.1, -0.05) is 20.8 Å². The molecule has 0 unspecified atom stereocenters. The van der Waals surface area contributed by atoms with Crippen LogP contribution < -0.4 is 0 Å². The van der Waals surface area contributed by atoms with Crippen LogP contribution in [-0.2, 0) is 12.0 Å². The van der Waals surface area contributed by atoms with Crippen molar-refractivity contribution in [2.75, 3.05) is 6.54 Å². The molecular formula is C13H19F2N3. The number of likely N-dealkylation sites (tertiary alicyclic amines) is 1. The summed E-state index contributed by atoms with van der Waals surface area (Å²) in [7, 11) is 0. The van der Waals surface area contributed by atoms with E-state index in [0.29, 0.717) is 13.0 Å². The van der Waals surface area contributed by atoms with Gasteiger partial charge in [0, 0.05) is 36.5 Å². The van der Waals surface area contributed by atoms with Gasteiger partial charge in [0.15, 0.2) is 0 Å². The van der Waals surface area contributed by atoms with E-state index in [9.17, 15) is 8.78 Å². The number of aromatic nitrogens is 2. The van der Waals surface area contributed by atoms with Crippen LogP contribution in [0.4, 0.5) is 8.78 Å². The lowest BCUT2D eigenvalue weighted by Crippen LogP contribution is -2.51. The molecule has 1 aliphatic rings. The van der Waals surface area contributed by atoms with Crippen molar-refractivity contribution < 1.29 is 8.78 Å². The number of halogens is 2. The van der Waals surface area contributed by atoms with Gasteiger partial charge in [-0.25, -0.2) is 18.7 Å². The average molecular weight is 255 g/mol. The zero-order valence-corrected chi connectivity index (χ0v) is 11.0. The van der Waals surface area contributed by atoms with Crippen LogP contribution >= 0.6 is 0 Å². The Morgan fingerprint density at radius 3 is 2.33 bits per heavy atom. The predicted molar refractivity (Wildman–Crippen MR) is 65.6 cm³/mol. The average Bonchev–Trinajstić information content (AvgIpc) is 2.23. The summed E-state index contributed by atoms with van der Waals surface area (Å²) < 4.78 is 25.2. The highest BCUT2D eigenvalue weighted by molar-refractivity contribution is 5.10.